The maximum atomic E-state index is 2.36. The SMILES string of the molecule is C[C]1([Hf])C=CC=C2C1=Cc1ccccc12.Cl.Cl. The Morgan fingerprint density at radius 3 is 2.59 bits per heavy atom. The summed E-state index contributed by atoms with van der Waals surface area (Å²) in [6, 6.07) is 8.67. The van der Waals surface area contributed by atoms with Gasteiger partial charge < -0.3 is 0 Å². The molecule has 0 nitrogen and oxygen atoms in total. The van der Waals surface area contributed by atoms with Crippen LogP contribution in [0.3, 0.4) is 0 Å². The Morgan fingerprint density at radius 2 is 1.82 bits per heavy atom. The van der Waals surface area contributed by atoms with E-state index in [4.69, 9.17) is 0 Å². The summed E-state index contributed by atoms with van der Waals surface area (Å²) in [5, 5.41) is 0. The van der Waals surface area contributed by atoms with Crippen molar-refractivity contribution < 1.29 is 24.4 Å². The number of rotatable bonds is 0. The van der Waals surface area contributed by atoms with E-state index in [0.717, 1.165) is 0 Å². The van der Waals surface area contributed by atoms with Crippen molar-refractivity contribution in [3.05, 3.63) is 59.2 Å². The van der Waals surface area contributed by atoms with Gasteiger partial charge in [0, 0.05) is 0 Å². The molecule has 2 aliphatic rings. The standard InChI is InChI=1S/C14H11.2ClH.Hf/c1-10-5-4-8-13-12-7-3-2-6-11(12)9-14(10)13;;;/h2-9H,1H3;2*1H;. The fourth-order valence-electron chi connectivity index (χ4n) is 2.28. The van der Waals surface area contributed by atoms with Crippen molar-refractivity contribution in [2.24, 2.45) is 0 Å². The first-order valence-corrected chi connectivity index (χ1v) is 6.95. The van der Waals surface area contributed by atoms with Crippen LogP contribution in [-0.4, -0.2) is 0 Å². The van der Waals surface area contributed by atoms with Crippen molar-refractivity contribution in [1.82, 2.24) is 0 Å². The van der Waals surface area contributed by atoms with Crippen LogP contribution in [0, 0.1) is 0 Å². The molecular weight excluding hydrogens is 418 g/mol. The fourth-order valence-corrected chi connectivity index (χ4v) is 3.37. The van der Waals surface area contributed by atoms with Crippen LogP contribution in [0.1, 0.15) is 18.1 Å². The van der Waals surface area contributed by atoms with E-state index in [9.17, 15) is 0 Å². The Balaban J connectivity index is 0.000000722. The Labute approximate surface area is 129 Å². The molecule has 0 bridgehead atoms. The van der Waals surface area contributed by atoms with Crippen LogP contribution >= 0.6 is 24.8 Å². The van der Waals surface area contributed by atoms with Crippen LogP contribution in [0.2, 0.25) is 3.17 Å². The molecule has 0 aromatic heterocycles. The molecule has 2 aliphatic carbocycles. The Morgan fingerprint density at radius 1 is 1.12 bits per heavy atom. The molecule has 1 unspecified atom stereocenters. The van der Waals surface area contributed by atoms with Gasteiger partial charge in [-0.05, 0) is 0 Å². The summed E-state index contributed by atoms with van der Waals surface area (Å²) in [4.78, 5) is 0. The minimum Gasteiger partial charge on any atom is -0.147 e. The van der Waals surface area contributed by atoms with Crippen LogP contribution in [0.25, 0.3) is 11.6 Å². The van der Waals surface area contributed by atoms with E-state index in [0.29, 0.717) is 3.17 Å². The molecule has 3 rings (SSSR count). The van der Waals surface area contributed by atoms with E-state index in [1.165, 1.54) is 46.6 Å². The van der Waals surface area contributed by atoms with Crippen LogP contribution in [0.15, 0.2) is 48.1 Å². The third kappa shape index (κ3) is 2.38. The first kappa shape index (κ1) is 14.9. The largest absolute Gasteiger partial charge is 0.147 e. The average molecular weight is 431 g/mol. The van der Waals surface area contributed by atoms with Gasteiger partial charge in [0.05, 0.1) is 0 Å². The molecule has 3 heteroatoms. The molecule has 0 saturated heterocycles. The third-order valence-corrected chi connectivity index (χ3v) is 4.66. The van der Waals surface area contributed by atoms with E-state index in [1.54, 1.807) is 0 Å². The monoisotopic (exact) mass is 431 g/mol. The first-order valence-electron chi connectivity index (χ1n) is 5.15. The summed E-state index contributed by atoms with van der Waals surface area (Å²) in [6.45, 7) is 2.33. The van der Waals surface area contributed by atoms with Crippen molar-refractivity contribution >= 4 is 36.5 Å². The van der Waals surface area contributed by atoms with Gasteiger partial charge in [0.2, 0.25) is 0 Å². The molecule has 1 aromatic carbocycles. The number of allylic oxidation sites excluding steroid dienone is 5. The second-order valence-electron chi connectivity index (χ2n) is 4.29. The molecule has 17 heavy (non-hydrogen) atoms. The van der Waals surface area contributed by atoms with Gasteiger partial charge in [0.25, 0.3) is 0 Å². The molecule has 0 spiro atoms. The molecule has 87 valence electrons. The first-order chi connectivity index (χ1) is 7.18. The topological polar surface area (TPSA) is 0 Å². The van der Waals surface area contributed by atoms with Gasteiger partial charge in [0.15, 0.2) is 0 Å². The third-order valence-electron chi connectivity index (χ3n) is 3.09. The van der Waals surface area contributed by atoms with Crippen LogP contribution in [0.5, 0.6) is 0 Å². The predicted octanol–water partition coefficient (Wildman–Crippen LogP) is 4.61. The summed E-state index contributed by atoms with van der Waals surface area (Å²) >= 11 is 1.17. The van der Waals surface area contributed by atoms with Crippen molar-refractivity contribution in [1.29, 1.82) is 0 Å². The minimum absolute atomic E-state index is 0. The molecule has 0 N–H and O–H groups in total. The quantitative estimate of drug-likeness (QED) is 0.528. The Hall–Kier alpha value is -0.110. The Bertz CT molecular complexity index is 525. The van der Waals surface area contributed by atoms with E-state index >= 15 is 0 Å². The number of hydrogen-bond donors (Lipinski definition) is 0. The maximum Gasteiger partial charge on any atom is -0.147 e. The van der Waals surface area contributed by atoms with Crippen molar-refractivity contribution in [3.8, 4) is 0 Å². The van der Waals surface area contributed by atoms with E-state index < -0.39 is 0 Å². The normalized spacial score (nSPS) is 23.5. The van der Waals surface area contributed by atoms with Gasteiger partial charge in [-0.1, -0.05) is 0 Å². The molecular formula is C14H13Cl2Hf. The smallest absolute Gasteiger partial charge is 0.147 e. The van der Waals surface area contributed by atoms with Gasteiger partial charge in [-0.25, -0.2) is 0 Å². The molecule has 0 heterocycles. The number of benzene rings is 1. The maximum absolute atomic E-state index is 2.36. The van der Waals surface area contributed by atoms with Gasteiger partial charge in [0.1, 0.15) is 0 Å². The molecule has 0 radical (unpaired) electrons. The zero-order chi connectivity index (χ0) is 10.5. The predicted molar refractivity (Wildman–Crippen MR) is 74.4 cm³/mol. The number of fused-ring (bicyclic) bond motifs is 3. The summed E-state index contributed by atoms with van der Waals surface area (Å²) in [7, 11) is 0. The average Bonchev–Trinajstić information content (AvgIpc) is 2.58. The Kier molecular flexibility index (Phi) is 4.62. The summed E-state index contributed by atoms with van der Waals surface area (Å²) in [5.41, 5.74) is 5.73. The zero-order valence-electron chi connectivity index (χ0n) is 9.44. The van der Waals surface area contributed by atoms with Gasteiger partial charge in [-0.2, -0.15) is 0 Å². The van der Waals surface area contributed by atoms with Crippen molar-refractivity contribution in [3.63, 3.8) is 0 Å². The van der Waals surface area contributed by atoms with Crippen LogP contribution in [-0.2, 0) is 24.4 Å². The molecule has 0 amide bonds. The minimum atomic E-state index is 0. The van der Waals surface area contributed by atoms with Crippen molar-refractivity contribution in [2.75, 3.05) is 0 Å². The van der Waals surface area contributed by atoms with E-state index in [1.807, 2.05) is 0 Å². The molecule has 0 saturated carbocycles. The summed E-state index contributed by atoms with van der Waals surface area (Å²) in [6.07, 6.45) is 9.15. The number of halogens is 2. The number of hydrogen-bond acceptors (Lipinski definition) is 0. The molecule has 0 aliphatic heterocycles. The zero-order valence-corrected chi connectivity index (χ0v) is 14.7. The van der Waals surface area contributed by atoms with Gasteiger partial charge in [-0.3, -0.25) is 0 Å². The van der Waals surface area contributed by atoms with E-state index in [2.05, 4.69) is 55.5 Å². The fraction of sp³-hybridized carbons (Fsp3) is 0.143. The van der Waals surface area contributed by atoms with Gasteiger partial charge in [-0.15, -0.1) is 24.8 Å². The molecule has 0 fully saturated rings. The van der Waals surface area contributed by atoms with Crippen LogP contribution < -0.4 is 0 Å². The summed E-state index contributed by atoms with van der Waals surface area (Å²) in [5.74, 6) is 0. The molecule has 1 atom stereocenters. The second-order valence-corrected chi connectivity index (χ2v) is 8.02. The van der Waals surface area contributed by atoms with Gasteiger partial charge >= 0.3 is 105 Å². The second kappa shape index (κ2) is 5.26. The molecule has 1 aromatic rings. The van der Waals surface area contributed by atoms with Crippen molar-refractivity contribution in [2.45, 2.75) is 10.1 Å². The summed E-state index contributed by atoms with van der Waals surface area (Å²) < 4.78 is 0.309. The van der Waals surface area contributed by atoms with E-state index in [-0.39, 0.29) is 24.8 Å². The van der Waals surface area contributed by atoms with Crippen LogP contribution in [0.4, 0.5) is 0 Å².